The second-order valence-corrected chi connectivity index (χ2v) is 4.43. The molecule has 5 heteroatoms. The van der Waals surface area contributed by atoms with Crippen molar-refractivity contribution >= 4 is 29.3 Å². The molecule has 1 aromatic heterocycles. The Bertz CT molecular complexity index is 520. The van der Waals surface area contributed by atoms with E-state index in [2.05, 4.69) is 5.32 Å². The highest BCUT2D eigenvalue weighted by molar-refractivity contribution is 5.85. The van der Waals surface area contributed by atoms with E-state index in [-0.39, 0.29) is 24.4 Å². The first kappa shape index (κ1) is 15.5. The number of para-hydroxylation sites is 1. The molecular formula is C14H19ClN2O2. The van der Waals surface area contributed by atoms with Crippen LogP contribution in [0.2, 0.25) is 0 Å². The number of carbonyl (C=O) groups is 1. The lowest BCUT2D eigenvalue weighted by molar-refractivity contribution is -0.123. The Morgan fingerprint density at radius 3 is 2.74 bits per heavy atom. The molecule has 0 fully saturated rings. The summed E-state index contributed by atoms with van der Waals surface area (Å²) >= 11 is 0. The van der Waals surface area contributed by atoms with Crippen LogP contribution in [0.5, 0.6) is 0 Å². The Morgan fingerprint density at radius 2 is 2.11 bits per heavy atom. The lowest BCUT2D eigenvalue weighted by atomic mass is 10.2. The maximum atomic E-state index is 11.7. The van der Waals surface area contributed by atoms with E-state index in [1.54, 1.807) is 0 Å². The zero-order valence-electron chi connectivity index (χ0n) is 11.1. The van der Waals surface area contributed by atoms with Gasteiger partial charge in [0.05, 0.1) is 12.1 Å². The highest BCUT2D eigenvalue weighted by Gasteiger charge is 2.17. The maximum Gasteiger partial charge on any atom is 0.237 e. The number of halogens is 1. The summed E-state index contributed by atoms with van der Waals surface area (Å²) in [6.45, 7) is 3.77. The number of hydrogen-bond acceptors (Lipinski definition) is 3. The average Bonchev–Trinajstić information content (AvgIpc) is 2.81. The van der Waals surface area contributed by atoms with Gasteiger partial charge in [0, 0.05) is 5.39 Å². The number of fused-ring (bicyclic) bond motifs is 1. The maximum absolute atomic E-state index is 11.7. The molecule has 0 saturated heterocycles. The number of amides is 1. The topological polar surface area (TPSA) is 68.3 Å². The zero-order valence-corrected chi connectivity index (χ0v) is 11.9. The molecule has 3 N–H and O–H groups in total. The predicted octanol–water partition coefficient (Wildman–Crippen LogP) is 2.77. The third-order valence-corrected chi connectivity index (χ3v) is 3.01. The fourth-order valence-corrected chi connectivity index (χ4v) is 1.79. The summed E-state index contributed by atoms with van der Waals surface area (Å²) in [6.07, 6.45) is 0.624. The van der Waals surface area contributed by atoms with Crippen molar-refractivity contribution in [3.05, 3.63) is 36.1 Å². The van der Waals surface area contributed by atoms with Gasteiger partial charge in [-0.2, -0.15) is 0 Å². The van der Waals surface area contributed by atoms with Crippen LogP contribution in [-0.4, -0.2) is 11.9 Å². The van der Waals surface area contributed by atoms with Crippen LogP contribution < -0.4 is 11.1 Å². The van der Waals surface area contributed by atoms with Crippen LogP contribution in [0.1, 0.15) is 32.1 Å². The van der Waals surface area contributed by atoms with Crippen molar-refractivity contribution in [2.45, 2.75) is 32.4 Å². The molecule has 0 spiro atoms. The van der Waals surface area contributed by atoms with Gasteiger partial charge in [-0.05, 0) is 25.5 Å². The van der Waals surface area contributed by atoms with Crippen LogP contribution in [-0.2, 0) is 4.79 Å². The SMILES string of the molecule is CC[C@H](N)C(=O)NC(C)c1cc2ccccc2o1.Cl. The summed E-state index contributed by atoms with van der Waals surface area (Å²) in [5.74, 6) is 0.596. The van der Waals surface area contributed by atoms with Crippen molar-refractivity contribution in [3.8, 4) is 0 Å². The summed E-state index contributed by atoms with van der Waals surface area (Å²) in [7, 11) is 0. The zero-order chi connectivity index (χ0) is 13.1. The molecule has 0 saturated carbocycles. The third kappa shape index (κ3) is 3.49. The van der Waals surface area contributed by atoms with Gasteiger partial charge in [-0.25, -0.2) is 0 Å². The molecule has 0 aliphatic heterocycles. The first-order valence-electron chi connectivity index (χ1n) is 6.16. The largest absolute Gasteiger partial charge is 0.459 e. The van der Waals surface area contributed by atoms with Crippen molar-refractivity contribution in [1.82, 2.24) is 5.32 Å². The Labute approximate surface area is 118 Å². The van der Waals surface area contributed by atoms with Crippen LogP contribution in [0.4, 0.5) is 0 Å². The third-order valence-electron chi connectivity index (χ3n) is 3.01. The fourth-order valence-electron chi connectivity index (χ4n) is 1.79. The van der Waals surface area contributed by atoms with Gasteiger partial charge < -0.3 is 15.5 Å². The molecule has 104 valence electrons. The number of nitrogens with one attached hydrogen (secondary N) is 1. The lowest BCUT2D eigenvalue weighted by Gasteiger charge is -2.14. The number of benzene rings is 1. The second-order valence-electron chi connectivity index (χ2n) is 4.43. The van der Waals surface area contributed by atoms with E-state index < -0.39 is 6.04 Å². The van der Waals surface area contributed by atoms with Crippen molar-refractivity contribution < 1.29 is 9.21 Å². The van der Waals surface area contributed by atoms with E-state index in [1.165, 1.54) is 0 Å². The van der Waals surface area contributed by atoms with Crippen molar-refractivity contribution in [1.29, 1.82) is 0 Å². The van der Waals surface area contributed by atoms with E-state index in [4.69, 9.17) is 10.2 Å². The van der Waals surface area contributed by atoms with E-state index in [9.17, 15) is 4.79 Å². The fraction of sp³-hybridized carbons (Fsp3) is 0.357. The highest BCUT2D eigenvalue weighted by atomic mass is 35.5. The van der Waals surface area contributed by atoms with E-state index in [0.29, 0.717) is 6.42 Å². The predicted molar refractivity (Wildman–Crippen MR) is 78.3 cm³/mol. The number of carbonyl (C=O) groups excluding carboxylic acids is 1. The van der Waals surface area contributed by atoms with Crippen LogP contribution in [0.3, 0.4) is 0 Å². The molecule has 2 aromatic rings. The first-order valence-corrected chi connectivity index (χ1v) is 6.16. The first-order chi connectivity index (χ1) is 8.61. The summed E-state index contributed by atoms with van der Waals surface area (Å²) < 4.78 is 5.69. The van der Waals surface area contributed by atoms with Gasteiger partial charge in [-0.3, -0.25) is 4.79 Å². The minimum Gasteiger partial charge on any atom is -0.459 e. The van der Waals surface area contributed by atoms with Crippen LogP contribution in [0.15, 0.2) is 34.7 Å². The number of nitrogens with two attached hydrogens (primary N) is 1. The van der Waals surface area contributed by atoms with Gasteiger partial charge in [0.15, 0.2) is 0 Å². The molecule has 1 aromatic carbocycles. The second kappa shape index (κ2) is 6.59. The normalized spacial score (nSPS) is 13.6. The number of hydrogen-bond donors (Lipinski definition) is 2. The molecule has 0 bridgehead atoms. The van der Waals surface area contributed by atoms with E-state index in [0.717, 1.165) is 16.7 Å². The van der Waals surface area contributed by atoms with Gasteiger partial charge >= 0.3 is 0 Å². The molecule has 0 aliphatic carbocycles. The smallest absolute Gasteiger partial charge is 0.237 e. The molecular weight excluding hydrogens is 264 g/mol. The minimum absolute atomic E-state index is 0. The van der Waals surface area contributed by atoms with Crippen LogP contribution in [0.25, 0.3) is 11.0 Å². The minimum atomic E-state index is -0.461. The number of furan rings is 1. The summed E-state index contributed by atoms with van der Waals surface area (Å²) in [6, 6.07) is 9.07. The molecule has 2 rings (SSSR count). The lowest BCUT2D eigenvalue weighted by Crippen LogP contribution is -2.41. The van der Waals surface area contributed by atoms with Crippen LogP contribution >= 0.6 is 12.4 Å². The molecule has 1 heterocycles. The van der Waals surface area contributed by atoms with Crippen molar-refractivity contribution in [2.75, 3.05) is 0 Å². The Balaban J connectivity index is 0.00000180. The summed E-state index contributed by atoms with van der Waals surface area (Å²) in [4.78, 5) is 11.7. The van der Waals surface area contributed by atoms with E-state index >= 15 is 0 Å². The molecule has 2 atom stereocenters. The molecule has 1 unspecified atom stereocenters. The molecule has 19 heavy (non-hydrogen) atoms. The van der Waals surface area contributed by atoms with Gasteiger partial charge in [0.25, 0.3) is 0 Å². The quantitative estimate of drug-likeness (QED) is 0.906. The van der Waals surface area contributed by atoms with E-state index in [1.807, 2.05) is 44.2 Å². The summed E-state index contributed by atoms with van der Waals surface area (Å²) in [5, 5.41) is 3.89. The van der Waals surface area contributed by atoms with Crippen molar-refractivity contribution in [3.63, 3.8) is 0 Å². The Morgan fingerprint density at radius 1 is 1.42 bits per heavy atom. The van der Waals surface area contributed by atoms with Gasteiger partial charge in [-0.15, -0.1) is 12.4 Å². The number of rotatable bonds is 4. The standard InChI is InChI=1S/C14H18N2O2.ClH/c1-3-11(15)14(17)16-9(2)13-8-10-6-4-5-7-12(10)18-13;/h4-9,11H,3,15H2,1-2H3,(H,16,17);1H/t9?,11-;/m0./s1. The van der Waals surface area contributed by atoms with Gasteiger partial charge in [0.2, 0.25) is 5.91 Å². The van der Waals surface area contributed by atoms with Crippen LogP contribution in [0, 0.1) is 0 Å². The highest BCUT2D eigenvalue weighted by Crippen LogP contribution is 2.23. The molecule has 1 amide bonds. The summed E-state index contributed by atoms with van der Waals surface area (Å²) in [5.41, 5.74) is 6.50. The monoisotopic (exact) mass is 282 g/mol. The van der Waals surface area contributed by atoms with Gasteiger partial charge in [0.1, 0.15) is 11.3 Å². The Hall–Kier alpha value is -1.52. The molecule has 0 radical (unpaired) electrons. The molecule has 0 aliphatic rings. The average molecular weight is 283 g/mol. The molecule has 4 nitrogen and oxygen atoms in total. The Kier molecular flexibility index (Phi) is 5.39. The van der Waals surface area contributed by atoms with Gasteiger partial charge in [-0.1, -0.05) is 25.1 Å². The van der Waals surface area contributed by atoms with Crippen molar-refractivity contribution in [2.24, 2.45) is 5.73 Å².